The van der Waals surface area contributed by atoms with Crippen molar-refractivity contribution in [3.63, 3.8) is 0 Å². The lowest BCUT2D eigenvalue weighted by Gasteiger charge is -1.99. The Morgan fingerprint density at radius 2 is 2.40 bits per heavy atom. The molecule has 2 N–H and O–H groups in total. The van der Waals surface area contributed by atoms with Crippen molar-refractivity contribution in [1.29, 1.82) is 0 Å². The molecule has 5 nitrogen and oxygen atoms in total. The quantitative estimate of drug-likeness (QED) is 0.364. The maximum atomic E-state index is 7.98. The monoisotopic (exact) mass is 142 g/mol. The predicted octanol–water partition coefficient (Wildman–Crippen LogP) is 1.13. The van der Waals surface area contributed by atoms with Crippen molar-refractivity contribution in [2.45, 2.75) is 6.92 Å². The minimum atomic E-state index is 0.296. The smallest absolute Gasteiger partial charge is 0.0857 e. The van der Waals surface area contributed by atoms with E-state index in [1.54, 1.807) is 6.92 Å². The number of nitrogens with zero attached hydrogens (tertiary/aromatic N) is 3. The molecule has 0 spiro atoms. The van der Waals surface area contributed by atoms with Crippen LogP contribution < -0.4 is 5.73 Å². The van der Waals surface area contributed by atoms with E-state index in [1.165, 1.54) is 7.11 Å². The first kappa shape index (κ1) is 8.81. The van der Waals surface area contributed by atoms with E-state index in [1.807, 2.05) is 0 Å². The number of allylic oxidation sites excluding steroid dienone is 1. The molecule has 0 unspecified atom stereocenters. The van der Waals surface area contributed by atoms with E-state index >= 15 is 0 Å². The van der Waals surface area contributed by atoms with Gasteiger partial charge in [0, 0.05) is 23.4 Å². The van der Waals surface area contributed by atoms with E-state index in [4.69, 9.17) is 16.0 Å². The van der Waals surface area contributed by atoms with Gasteiger partial charge in [0.1, 0.15) is 0 Å². The second-order valence-electron chi connectivity index (χ2n) is 1.73. The standard InChI is InChI=1S/C5H10N4O/c1-4(8-9-7)5(6)3-10-2/h3,6H2,1-2H3/b5-4+. The van der Waals surface area contributed by atoms with Gasteiger partial charge in [0.25, 0.3) is 0 Å². The van der Waals surface area contributed by atoms with Crippen molar-refractivity contribution in [1.82, 2.24) is 0 Å². The van der Waals surface area contributed by atoms with Gasteiger partial charge in [0.15, 0.2) is 0 Å². The van der Waals surface area contributed by atoms with Gasteiger partial charge in [-0.2, -0.15) is 0 Å². The normalized spacial score (nSPS) is 11.8. The summed E-state index contributed by atoms with van der Waals surface area (Å²) < 4.78 is 4.70. The van der Waals surface area contributed by atoms with E-state index in [-0.39, 0.29) is 0 Å². The summed E-state index contributed by atoms with van der Waals surface area (Å²) in [4.78, 5) is 2.57. The van der Waals surface area contributed by atoms with Crippen LogP contribution in [0.5, 0.6) is 0 Å². The molecule has 0 amide bonds. The van der Waals surface area contributed by atoms with Gasteiger partial charge in [0.2, 0.25) is 0 Å². The van der Waals surface area contributed by atoms with E-state index < -0.39 is 0 Å². The second kappa shape index (κ2) is 4.67. The van der Waals surface area contributed by atoms with Gasteiger partial charge in [-0.25, -0.2) is 0 Å². The molecule has 10 heavy (non-hydrogen) atoms. The summed E-state index contributed by atoms with van der Waals surface area (Å²) in [6.45, 7) is 1.93. The molecule has 0 aromatic heterocycles. The number of hydrogen-bond acceptors (Lipinski definition) is 3. The van der Waals surface area contributed by atoms with Gasteiger partial charge in [-0.3, -0.25) is 0 Å². The van der Waals surface area contributed by atoms with Crippen LogP contribution in [0, 0.1) is 0 Å². The van der Waals surface area contributed by atoms with E-state index in [0.717, 1.165) is 0 Å². The molecule has 5 heteroatoms. The van der Waals surface area contributed by atoms with Crippen LogP contribution in [0.15, 0.2) is 16.5 Å². The molecule has 0 saturated heterocycles. The zero-order valence-corrected chi connectivity index (χ0v) is 6.03. The van der Waals surface area contributed by atoms with Crippen LogP contribution in [0.2, 0.25) is 0 Å². The molecule has 0 aliphatic heterocycles. The minimum absolute atomic E-state index is 0.296. The molecule has 0 atom stereocenters. The topological polar surface area (TPSA) is 84.0 Å². The molecular formula is C5H10N4O. The van der Waals surface area contributed by atoms with Crippen LogP contribution in [-0.2, 0) is 4.74 Å². The number of methoxy groups -OCH3 is 1. The lowest BCUT2D eigenvalue weighted by Crippen LogP contribution is -2.06. The molecule has 0 bridgehead atoms. The highest BCUT2D eigenvalue weighted by Gasteiger charge is 1.92. The molecule has 56 valence electrons. The average Bonchev–Trinajstić information content (AvgIpc) is 1.89. The highest BCUT2D eigenvalue weighted by Crippen LogP contribution is 1.99. The van der Waals surface area contributed by atoms with Crippen molar-refractivity contribution in [2.75, 3.05) is 13.7 Å². The molecule has 0 fully saturated rings. The van der Waals surface area contributed by atoms with E-state index in [0.29, 0.717) is 18.0 Å². The van der Waals surface area contributed by atoms with Crippen LogP contribution in [0.25, 0.3) is 10.4 Å². The van der Waals surface area contributed by atoms with Crippen LogP contribution >= 0.6 is 0 Å². The summed E-state index contributed by atoms with van der Waals surface area (Å²) >= 11 is 0. The van der Waals surface area contributed by atoms with Gasteiger partial charge in [-0.1, -0.05) is 5.11 Å². The summed E-state index contributed by atoms with van der Waals surface area (Å²) in [6, 6.07) is 0. The zero-order chi connectivity index (χ0) is 7.98. The van der Waals surface area contributed by atoms with Gasteiger partial charge in [-0.15, -0.1) is 0 Å². The van der Waals surface area contributed by atoms with Crippen LogP contribution in [-0.4, -0.2) is 13.7 Å². The number of rotatable bonds is 3. The fraction of sp³-hybridized carbons (Fsp3) is 0.600. The summed E-state index contributed by atoms with van der Waals surface area (Å²) in [5, 5.41) is 3.30. The number of azide groups is 1. The summed E-state index contributed by atoms with van der Waals surface area (Å²) in [5.74, 6) is 0. The number of hydrogen-bond donors (Lipinski definition) is 1. The van der Waals surface area contributed by atoms with E-state index in [9.17, 15) is 0 Å². The Hall–Kier alpha value is -1.19. The molecule has 0 aliphatic carbocycles. The van der Waals surface area contributed by atoms with Crippen molar-refractivity contribution >= 4 is 0 Å². The summed E-state index contributed by atoms with van der Waals surface area (Å²) in [5.41, 5.74) is 14.3. The van der Waals surface area contributed by atoms with Gasteiger partial charge in [-0.05, 0) is 12.5 Å². The molecule has 0 rings (SSSR count). The van der Waals surface area contributed by atoms with Crippen molar-refractivity contribution < 1.29 is 4.74 Å². The Balaban J connectivity index is 4.18. The molecule has 0 aliphatic rings. The largest absolute Gasteiger partial charge is 0.400 e. The van der Waals surface area contributed by atoms with Crippen molar-refractivity contribution in [3.8, 4) is 0 Å². The predicted molar refractivity (Wildman–Crippen MR) is 37.9 cm³/mol. The van der Waals surface area contributed by atoms with E-state index in [2.05, 4.69) is 10.0 Å². The van der Waals surface area contributed by atoms with Crippen molar-refractivity contribution in [3.05, 3.63) is 21.8 Å². The maximum absolute atomic E-state index is 7.98. The highest BCUT2D eigenvalue weighted by atomic mass is 16.5. The summed E-state index contributed by atoms with van der Waals surface area (Å²) in [7, 11) is 1.52. The molecule has 0 aromatic carbocycles. The Labute approximate surface area is 59.1 Å². The number of ether oxygens (including phenoxy) is 1. The molecule has 0 aromatic rings. The van der Waals surface area contributed by atoms with Crippen LogP contribution in [0.4, 0.5) is 0 Å². The first-order valence-electron chi connectivity index (χ1n) is 2.71. The minimum Gasteiger partial charge on any atom is -0.400 e. The first-order chi connectivity index (χ1) is 4.72. The first-order valence-corrected chi connectivity index (χ1v) is 2.71. The third-order valence-electron chi connectivity index (χ3n) is 0.959. The maximum Gasteiger partial charge on any atom is 0.0857 e. The van der Waals surface area contributed by atoms with Gasteiger partial charge < -0.3 is 10.5 Å². The molecule has 0 heterocycles. The molecule has 0 radical (unpaired) electrons. The Morgan fingerprint density at radius 3 is 2.80 bits per heavy atom. The zero-order valence-electron chi connectivity index (χ0n) is 6.03. The Morgan fingerprint density at radius 1 is 1.80 bits per heavy atom. The fourth-order valence-electron chi connectivity index (χ4n) is 0.391. The Kier molecular flexibility index (Phi) is 4.11. The second-order valence-corrected chi connectivity index (χ2v) is 1.73. The highest BCUT2D eigenvalue weighted by molar-refractivity contribution is 5.06. The molecular weight excluding hydrogens is 132 g/mol. The third-order valence-corrected chi connectivity index (χ3v) is 0.959. The Bertz CT molecular complexity index is 180. The van der Waals surface area contributed by atoms with Gasteiger partial charge in [0.05, 0.1) is 6.61 Å². The lowest BCUT2D eigenvalue weighted by molar-refractivity contribution is 0.224. The fourth-order valence-corrected chi connectivity index (χ4v) is 0.391. The lowest BCUT2D eigenvalue weighted by atomic mass is 10.4. The van der Waals surface area contributed by atoms with Crippen LogP contribution in [0.1, 0.15) is 6.92 Å². The SMILES string of the molecule is COC/C(N)=C(/C)N=[N+]=[N-]. The van der Waals surface area contributed by atoms with Crippen LogP contribution in [0.3, 0.4) is 0 Å². The third kappa shape index (κ3) is 2.96. The molecule has 0 saturated carbocycles. The summed E-state index contributed by atoms with van der Waals surface area (Å²) in [6.07, 6.45) is 0. The average molecular weight is 142 g/mol. The van der Waals surface area contributed by atoms with Gasteiger partial charge >= 0.3 is 0 Å². The number of nitrogens with two attached hydrogens (primary N) is 1. The van der Waals surface area contributed by atoms with Crippen molar-refractivity contribution in [2.24, 2.45) is 10.8 Å².